The molecular formula is C46H84NO12P. The lowest BCUT2D eigenvalue weighted by molar-refractivity contribution is -0.220. The number of hydrogen-bond donors (Lipinski definition) is 9. The standard InChI is InChI=1S/C46H84NO12P/c1-3-5-7-9-11-12-13-14-15-16-17-18-19-20-21-22-23-24-25-26-28-29-31-33-37(48)35-40(50)47-38(39(49)34-32-30-27-10-8-6-4-2)36-58-60(56,57)59-46-44(54)42(52)41(51)43(53)45(46)55/h8,10,17-18,20-21,32,34,37-39,41-46,48-49,51-55H,3-7,9,11-16,19,22-31,33,35-36H2,1-2H3,(H,47,50)(H,56,57)/b10-8+,18-17-,21-20-,34-32+. The third-order valence-corrected chi connectivity index (χ3v) is 11.9. The van der Waals surface area contributed by atoms with Crippen LogP contribution < -0.4 is 5.32 Å². The topological polar surface area (TPSA) is 226 Å². The summed E-state index contributed by atoms with van der Waals surface area (Å²) in [5.41, 5.74) is 0. The summed E-state index contributed by atoms with van der Waals surface area (Å²) in [5.74, 6) is -0.614. The molecule has 8 unspecified atom stereocenters. The molecule has 13 nitrogen and oxygen atoms in total. The Morgan fingerprint density at radius 3 is 1.62 bits per heavy atom. The van der Waals surface area contributed by atoms with Crippen LogP contribution in [0.5, 0.6) is 0 Å². The van der Waals surface area contributed by atoms with Gasteiger partial charge in [0.2, 0.25) is 5.91 Å². The van der Waals surface area contributed by atoms with Crippen molar-refractivity contribution >= 4 is 13.7 Å². The van der Waals surface area contributed by atoms with Gasteiger partial charge in [-0.25, -0.2) is 4.57 Å². The van der Waals surface area contributed by atoms with Gasteiger partial charge in [-0.2, -0.15) is 0 Å². The fraction of sp³-hybridized carbons (Fsp3) is 0.804. The van der Waals surface area contributed by atoms with Crippen LogP contribution in [0, 0.1) is 0 Å². The average Bonchev–Trinajstić information content (AvgIpc) is 3.22. The molecule has 0 heterocycles. The number of aliphatic hydroxyl groups excluding tert-OH is 7. The minimum absolute atomic E-state index is 0.260. The molecule has 60 heavy (non-hydrogen) atoms. The number of rotatable bonds is 37. The zero-order valence-corrected chi connectivity index (χ0v) is 37.8. The van der Waals surface area contributed by atoms with Gasteiger partial charge in [-0.1, -0.05) is 159 Å². The van der Waals surface area contributed by atoms with Gasteiger partial charge < -0.3 is 46.0 Å². The minimum atomic E-state index is -5.14. The fourth-order valence-electron chi connectivity index (χ4n) is 7.06. The predicted molar refractivity (Wildman–Crippen MR) is 238 cm³/mol. The monoisotopic (exact) mass is 874 g/mol. The summed E-state index contributed by atoms with van der Waals surface area (Å²) in [6, 6.07) is -1.26. The van der Waals surface area contributed by atoms with Gasteiger partial charge in [0.15, 0.2) is 0 Å². The number of amides is 1. The first-order valence-corrected chi connectivity index (χ1v) is 24.7. The number of allylic oxidation sites excluding steroid dienone is 7. The van der Waals surface area contributed by atoms with Gasteiger partial charge in [-0.15, -0.1) is 0 Å². The average molecular weight is 874 g/mol. The molecule has 8 atom stereocenters. The van der Waals surface area contributed by atoms with Crippen LogP contribution in [0.1, 0.15) is 174 Å². The highest BCUT2D eigenvalue weighted by molar-refractivity contribution is 7.47. The third kappa shape index (κ3) is 27.3. The second-order valence-electron chi connectivity index (χ2n) is 16.4. The maximum Gasteiger partial charge on any atom is 0.472 e. The molecule has 350 valence electrons. The summed E-state index contributed by atoms with van der Waals surface area (Å²) < 4.78 is 22.7. The van der Waals surface area contributed by atoms with Crippen LogP contribution in [0.3, 0.4) is 0 Å². The highest BCUT2D eigenvalue weighted by Crippen LogP contribution is 2.47. The Hall–Kier alpha value is -1.74. The van der Waals surface area contributed by atoms with E-state index in [4.69, 9.17) is 9.05 Å². The van der Waals surface area contributed by atoms with Crippen LogP contribution in [0.25, 0.3) is 0 Å². The number of carbonyl (C=O) groups is 1. The molecule has 9 N–H and O–H groups in total. The highest BCUT2D eigenvalue weighted by Gasteiger charge is 2.51. The summed E-state index contributed by atoms with van der Waals surface area (Å²) >= 11 is 0. The lowest BCUT2D eigenvalue weighted by Gasteiger charge is -2.41. The highest BCUT2D eigenvalue weighted by atomic mass is 31.2. The Kier molecular flexibility index (Phi) is 33.5. The summed E-state index contributed by atoms with van der Waals surface area (Å²) in [4.78, 5) is 23.3. The van der Waals surface area contributed by atoms with E-state index < -0.39 is 75.2 Å². The smallest absolute Gasteiger partial charge is 0.393 e. The van der Waals surface area contributed by atoms with Crippen molar-refractivity contribution in [3.8, 4) is 0 Å². The number of unbranched alkanes of at least 4 members (excludes halogenated alkanes) is 18. The van der Waals surface area contributed by atoms with E-state index in [1.165, 1.54) is 83.1 Å². The van der Waals surface area contributed by atoms with Crippen molar-refractivity contribution < 1.29 is 59.0 Å². The van der Waals surface area contributed by atoms with Crippen LogP contribution in [0.15, 0.2) is 48.6 Å². The van der Waals surface area contributed by atoms with Gasteiger partial charge >= 0.3 is 7.82 Å². The van der Waals surface area contributed by atoms with Crippen molar-refractivity contribution in [2.45, 2.75) is 229 Å². The molecule has 0 spiro atoms. The third-order valence-electron chi connectivity index (χ3n) is 10.9. The van der Waals surface area contributed by atoms with Crippen molar-refractivity contribution in [3.05, 3.63) is 48.6 Å². The van der Waals surface area contributed by atoms with E-state index in [0.717, 1.165) is 64.2 Å². The summed E-state index contributed by atoms with van der Waals surface area (Å²) in [6.07, 6.45) is 28.4. The van der Waals surface area contributed by atoms with E-state index in [2.05, 4.69) is 49.5 Å². The lowest BCUT2D eigenvalue weighted by Crippen LogP contribution is -2.64. The Labute approximate surface area is 361 Å². The number of hydrogen-bond acceptors (Lipinski definition) is 11. The normalized spacial score (nSPS) is 23.8. The molecule has 0 aliphatic heterocycles. The summed E-state index contributed by atoms with van der Waals surface area (Å²) in [7, 11) is -5.14. The number of phosphoric acid groups is 1. The zero-order valence-electron chi connectivity index (χ0n) is 36.9. The molecule has 0 bridgehead atoms. The van der Waals surface area contributed by atoms with Crippen LogP contribution >= 0.6 is 7.82 Å². The van der Waals surface area contributed by atoms with E-state index >= 15 is 0 Å². The Balaban J connectivity index is 2.38. The van der Waals surface area contributed by atoms with Gasteiger partial charge in [0.25, 0.3) is 0 Å². The van der Waals surface area contributed by atoms with E-state index in [1.807, 2.05) is 6.08 Å². The predicted octanol–water partition coefficient (Wildman–Crippen LogP) is 7.53. The molecule has 14 heteroatoms. The molecule has 0 saturated heterocycles. The second kappa shape index (κ2) is 35.7. The quantitative estimate of drug-likeness (QED) is 0.0168. The van der Waals surface area contributed by atoms with Gasteiger partial charge in [0.1, 0.15) is 36.6 Å². The first-order valence-electron chi connectivity index (χ1n) is 23.2. The Bertz CT molecular complexity index is 1220. The number of phosphoric ester groups is 1. The molecule has 0 radical (unpaired) electrons. The number of aliphatic hydroxyl groups is 7. The number of nitrogens with one attached hydrogen (secondary N) is 1. The summed E-state index contributed by atoms with van der Waals surface area (Å²) in [6.45, 7) is 3.58. The molecule has 1 aliphatic carbocycles. The summed E-state index contributed by atoms with van der Waals surface area (Å²) in [5, 5.41) is 74.0. The van der Waals surface area contributed by atoms with Crippen molar-refractivity contribution in [1.29, 1.82) is 0 Å². The van der Waals surface area contributed by atoms with Crippen molar-refractivity contribution in [2.24, 2.45) is 0 Å². The molecule has 0 aromatic rings. The van der Waals surface area contributed by atoms with Gasteiger partial charge in [0, 0.05) is 0 Å². The first kappa shape index (κ1) is 56.3. The Morgan fingerprint density at radius 2 is 1.07 bits per heavy atom. The van der Waals surface area contributed by atoms with E-state index in [-0.39, 0.29) is 6.42 Å². The maximum absolute atomic E-state index is 12.9. The fourth-order valence-corrected chi connectivity index (χ4v) is 8.02. The van der Waals surface area contributed by atoms with Gasteiger partial charge in [0.05, 0.1) is 31.3 Å². The molecule has 0 aromatic carbocycles. The van der Waals surface area contributed by atoms with Crippen molar-refractivity contribution in [2.75, 3.05) is 6.61 Å². The van der Waals surface area contributed by atoms with Crippen LogP contribution in [-0.2, 0) is 18.4 Å². The zero-order chi connectivity index (χ0) is 44.4. The molecule has 1 saturated carbocycles. The van der Waals surface area contributed by atoms with Crippen LogP contribution in [-0.4, -0.2) is 108 Å². The van der Waals surface area contributed by atoms with E-state index in [0.29, 0.717) is 12.8 Å². The lowest BCUT2D eigenvalue weighted by atomic mass is 9.85. The van der Waals surface area contributed by atoms with Gasteiger partial charge in [-0.05, 0) is 57.8 Å². The molecule has 1 fully saturated rings. The molecule has 1 aliphatic rings. The molecule has 1 rings (SSSR count). The van der Waals surface area contributed by atoms with Gasteiger partial charge in [-0.3, -0.25) is 13.8 Å². The van der Waals surface area contributed by atoms with Crippen molar-refractivity contribution in [3.63, 3.8) is 0 Å². The van der Waals surface area contributed by atoms with Crippen molar-refractivity contribution in [1.82, 2.24) is 5.32 Å². The van der Waals surface area contributed by atoms with E-state index in [1.54, 1.807) is 6.08 Å². The molecule has 0 aromatic heterocycles. The minimum Gasteiger partial charge on any atom is -0.393 e. The maximum atomic E-state index is 12.9. The SMILES string of the molecule is CCC/C=C/CC/C=C/C(O)C(COP(=O)(O)OC1C(O)C(O)C(O)C(O)C1O)NC(=O)CC(O)CCCCCCCCC/C=C\C/C=C\CCCCCCCCCCC. The van der Waals surface area contributed by atoms with Crippen LogP contribution in [0.4, 0.5) is 0 Å². The molecular weight excluding hydrogens is 789 g/mol. The Morgan fingerprint density at radius 1 is 0.600 bits per heavy atom. The van der Waals surface area contributed by atoms with Crippen LogP contribution in [0.2, 0.25) is 0 Å². The largest absolute Gasteiger partial charge is 0.472 e. The first-order chi connectivity index (χ1) is 28.8. The molecule has 1 amide bonds. The van der Waals surface area contributed by atoms with E-state index in [9.17, 15) is 50.0 Å². The number of carbonyl (C=O) groups excluding carboxylic acids is 1. The second-order valence-corrected chi connectivity index (χ2v) is 17.8.